The monoisotopic (exact) mass is 497 g/mol. The van der Waals surface area contributed by atoms with Gasteiger partial charge < -0.3 is 29.7 Å². The van der Waals surface area contributed by atoms with Crippen molar-refractivity contribution in [2.75, 3.05) is 71.9 Å². The predicted octanol–water partition coefficient (Wildman–Crippen LogP) is 2.17. The molecular weight excluding hydrogens is 458 g/mol. The van der Waals surface area contributed by atoms with Gasteiger partial charge in [0, 0.05) is 50.4 Å². The van der Waals surface area contributed by atoms with Crippen LogP contribution in [0.4, 0.5) is 10.6 Å². The zero-order valence-electron chi connectivity index (χ0n) is 22.3. The molecule has 1 fully saturated rings. The number of anilines is 1. The van der Waals surface area contributed by atoms with E-state index in [1.165, 1.54) is 0 Å². The van der Waals surface area contributed by atoms with Crippen molar-refractivity contribution in [3.8, 4) is 17.0 Å². The number of nitrogens with zero attached hydrogens (tertiary/aromatic N) is 6. The molecular formula is C26H39N7O3. The number of hydrogen-bond donors (Lipinski definition) is 1. The number of carbonyl (C=O) groups excluding carboxylic acids is 2. The summed E-state index contributed by atoms with van der Waals surface area (Å²) in [4.78, 5) is 33.4. The van der Waals surface area contributed by atoms with Crippen molar-refractivity contribution in [2.45, 2.75) is 26.3 Å². The molecule has 1 aromatic heterocycles. The van der Waals surface area contributed by atoms with E-state index in [0.717, 1.165) is 22.8 Å². The number of rotatable bonds is 8. The summed E-state index contributed by atoms with van der Waals surface area (Å²) >= 11 is 0. The van der Waals surface area contributed by atoms with Gasteiger partial charge in [0.2, 0.25) is 5.91 Å². The number of benzene rings is 1. The molecule has 10 heteroatoms. The van der Waals surface area contributed by atoms with Crippen LogP contribution in [0.1, 0.15) is 20.8 Å². The number of likely N-dealkylation sites (N-methyl/N-ethyl adjacent to an activating group) is 1. The largest absolute Gasteiger partial charge is 0.497 e. The predicted molar refractivity (Wildman–Crippen MR) is 141 cm³/mol. The molecule has 36 heavy (non-hydrogen) atoms. The molecule has 0 radical (unpaired) electrons. The van der Waals surface area contributed by atoms with Gasteiger partial charge in [0.05, 0.1) is 12.8 Å². The van der Waals surface area contributed by atoms with E-state index in [9.17, 15) is 9.59 Å². The molecule has 1 saturated heterocycles. The third-order valence-corrected chi connectivity index (χ3v) is 5.88. The number of hydrogen-bond acceptors (Lipinski definition) is 7. The number of carbonyl (C=O) groups is 2. The zero-order valence-corrected chi connectivity index (χ0v) is 22.3. The summed E-state index contributed by atoms with van der Waals surface area (Å²) in [5.41, 5.74) is 1.35. The van der Waals surface area contributed by atoms with Gasteiger partial charge in [0.15, 0.2) is 5.82 Å². The van der Waals surface area contributed by atoms with Gasteiger partial charge >= 0.3 is 6.03 Å². The summed E-state index contributed by atoms with van der Waals surface area (Å²) in [6, 6.07) is 11.4. The molecule has 10 nitrogen and oxygen atoms in total. The molecule has 196 valence electrons. The third-order valence-electron chi connectivity index (χ3n) is 5.88. The Morgan fingerprint density at radius 2 is 1.75 bits per heavy atom. The summed E-state index contributed by atoms with van der Waals surface area (Å²) < 4.78 is 5.29. The van der Waals surface area contributed by atoms with Crippen molar-refractivity contribution in [3.05, 3.63) is 36.4 Å². The molecule has 3 rings (SSSR count). The molecule has 0 saturated carbocycles. The van der Waals surface area contributed by atoms with Crippen LogP contribution >= 0.6 is 0 Å². The standard InChI is InChI=1S/C26H39N7O3/c1-26(2,3)27-25(35)33(13-12-30(4)5)19-24(34)32-16-14-31(15-17-32)23-11-10-22(28-29-23)20-8-7-9-21(18-20)36-6/h7-11,18H,12-17,19H2,1-6H3,(H,27,35). The lowest BCUT2D eigenvalue weighted by atomic mass is 10.1. The Morgan fingerprint density at radius 3 is 2.33 bits per heavy atom. The SMILES string of the molecule is COc1cccc(-c2ccc(N3CCN(C(=O)CN(CCN(C)C)C(=O)NC(C)(C)C)CC3)nn2)c1. The molecule has 1 aliphatic heterocycles. The van der Waals surface area contributed by atoms with Crippen LogP contribution in [0, 0.1) is 0 Å². The first-order chi connectivity index (χ1) is 17.1. The van der Waals surface area contributed by atoms with E-state index >= 15 is 0 Å². The number of nitrogens with one attached hydrogen (secondary N) is 1. The number of ether oxygens (including phenoxy) is 1. The van der Waals surface area contributed by atoms with Crippen LogP contribution in [-0.2, 0) is 4.79 Å². The molecule has 0 bridgehead atoms. The molecule has 0 atom stereocenters. The Bertz CT molecular complexity index is 1010. The second-order valence-electron chi connectivity index (χ2n) is 10.3. The molecule has 0 aliphatic carbocycles. The maximum atomic E-state index is 13.1. The Balaban J connectivity index is 1.57. The van der Waals surface area contributed by atoms with Gasteiger partial charge in [-0.2, -0.15) is 0 Å². The van der Waals surface area contributed by atoms with Crippen LogP contribution in [0.2, 0.25) is 0 Å². The van der Waals surface area contributed by atoms with Crippen LogP contribution in [0.5, 0.6) is 5.75 Å². The van der Waals surface area contributed by atoms with Gasteiger partial charge in [-0.05, 0) is 59.1 Å². The van der Waals surface area contributed by atoms with E-state index in [1.807, 2.05) is 81.1 Å². The van der Waals surface area contributed by atoms with Crippen LogP contribution in [0.25, 0.3) is 11.3 Å². The summed E-state index contributed by atoms with van der Waals surface area (Å²) in [6.07, 6.45) is 0. The minimum absolute atomic E-state index is 0.0445. The van der Waals surface area contributed by atoms with Crippen molar-refractivity contribution < 1.29 is 14.3 Å². The number of urea groups is 1. The summed E-state index contributed by atoms with van der Waals surface area (Å²) in [7, 11) is 5.54. The van der Waals surface area contributed by atoms with Crippen molar-refractivity contribution in [1.82, 2.24) is 30.2 Å². The van der Waals surface area contributed by atoms with E-state index in [-0.39, 0.29) is 24.0 Å². The molecule has 1 N–H and O–H groups in total. The maximum absolute atomic E-state index is 13.1. The van der Waals surface area contributed by atoms with Gasteiger partial charge in [-0.15, -0.1) is 10.2 Å². The molecule has 0 spiro atoms. The lowest BCUT2D eigenvalue weighted by Crippen LogP contribution is -2.55. The van der Waals surface area contributed by atoms with Crippen LogP contribution in [0.15, 0.2) is 36.4 Å². The fourth-order valence-corrected chi connectivity index (χ4v) is 3.85. The first-order valence-corrected chi connectivity index (χ1v) is 12.3. The lowest BCUT2D eigenvalue weighted by molar-refractivity contribution is -0.132. The smallest absolute Gasteiger partial charge is 0.318 e. The number of methoxy groups -OCH3 is 1. The quantitative estimate of drug-likeness (QED) is 0.597. The highest BCUT2D eigenvalue weighted by molar-refractivity contribution is 5.84. The van der Waals surface area contributed by atoms with Crippen LogP contribution in [-0.4, -0.2) is 109 Å². The third kappa shape index (κ3) is 7.81. The van der Waals surface area contributed by atoms with Gasteiger partial charge in [-0.25, -0.2) is 4.79 Å². The Labute approximate surface area is 214 Å². The second kappa shape index (κ2) is 12.0. The molecule has 3 amide bonds. The fourth-order valence-electron chi connectivity index (χ4n) is 3.85. The van der Waals surface area contributed by atoms with Crippen molar-refractivity contribution in [3.63, 3.8) is 0 Å². The Kier molecular flexibility index (Phi) is 9.08. The number of aromatic nitrogens is 2. The fraction of sp³-hybridized carbons (Fsp3) is 0.538. The van der Waals surface area contributed by atoms with E-state index in [2.05, 4.69) is 20.4 Å². The molecule has 1 aromatic carbocycles. The first-order valence-electron chi connectivity index (χ1n) is 12.3. The van der Waals surface area contributed by atoms with E-state index < -0.39 is 0 Å². The van der Waals surface area contributed by atoms with Gasteiger partial charge in [-0.1, -0.05) is 12.1 Å². The molecule has 2 aromatic rings. The lowest BCUT2D eigenvalue weighted by Gasteiger charge is -2.36. The summed E-state index contributed by atoms with van der Waals surface area (Å²) in [5.74, 6) is 1.51. The minimum Gasteiger partial charge on any atom is -0.497 e. The highest BCUT2D eigenvalue weighted by Crippen LogP contribution is 2.23. The van der Waals surface area contributed by atoms with Gasteiger partial charge in [0.1, 0.15) is 12.3 Å². The van der Waals surface area contributed by atoms with Crippen molar-refractivity contribution >= 4 is 17.8 Å². The highest BCUT2D eigenvalue weighted by Gasteiger charge is 2.27. The zero-order chi connectivity index (χ0) is 26.3. The summed E-state index contributed by atoms with van der Waals surface area (Å²) in [5, 5.41) is 11.8. The van der Waals surface area contributed by atoms with Crippen LogP contribution < -0.4 is 15.0 Å². The van der Waals surface area contributed by atoms with Gasteiger partial charge in [-0.3, -0.25) is 4.79 Å². The summed E-state index contributed by atoms with van der Waals surface area (Å²) in [6.45, 7) is 9.48. The van der Waals surface area contributed by atoms with E-state index in [4.69, 9.17) is 4.74 Å². The first kappa shape index (κ1) is 27.2. The van der Waals surface area contributed by atoms with E-state index in [1.54, 1.807) is 12.0 Å². The number of piperazine rings is 1. The van der Waals surface area contributed by atoms with Crippen molar-refractivity contribution in [1.29, 1.82) is 0 Å². The van der Waals surface area contributed by atoms with Crippen molar-refractivity contribution in [2.24, 2.45) is 0 Å². The Hall–Kier alpha value is -3.40. The topological polar surface area (TPSA) is 94.1 Å². The molecule has 1 aliphatic rings. The minimum atomic E-state index is -0.370. The average molecular weight is 498 g/mol. The van der Waals surface area contributed by atoms with E-state index in [0.29, 0.717) is 39.3 Å². The average Bonchev–Trinajstić information content (AvgIpc) is 2.85. The molecule has 0 unspecified atom stereocenters. The van der Waals surface area contributed by atoms with Crippen LogP contribution in [0.3, 0.4) is 0 Å². The maximum Gasteiger partial charge on any atom is 0.318 e. The second-order valence-corrected chi connectivity index (χ2v) is 10.3. The normalized spacial score (nSPS) is 14.1. The number of amides is 3. The highest BCUT2D eigenvalue weighted by atomic mass is 16.5. The Morgan fingerprint density at radius 1 is 1.03 bits per heavy atom. The molecule has 2 heterocycles. The van der Waals surface area contributed by atoms with Gasteiger partial charge in [0.25, 0.3) is 0 Å².